The monoisotopic (exact) mass is 244 g/mol. The minimum Gasteiger partial charge on any atom is -0.508 e. The predicted molar refractivity (Wildman–Crippen MR) is 65.8 cm³/mol. The second kappa shape index (κ2) is 5.18. The lowest BCUT2D eigenvalue weighted by Crippen LogP contribution is -2.18. The van der Waals surface area contributed by atoms with E-state index in [1.807, 2.05) is 0 Å². The number of hydrogen-bond acceptors (Lipinski definition) is 4. The van der Waals surface area contributed by atoms with Crippen LogP contribution in [0.2, 0.25) is 0 Å². The van der Waals surface area contributed by atoms with Gasteiger partial charge in [0, 0.05) is 25.4 Å². The standard InChI is InChI=1S/C13H12N2O3/c1-14-13(17)12-8-11(5-6-15-12)18-10-4-2-3-9(16)7-10/h2-8,16H,1H3,(H,14,17). The summed E-state index contributed by atoms with van der Waals surface area (Å²) in [5, 5.41) is 11.8. The summed E-state index contributed by atoms with van der Waals surface area (Å²) in [5.74, 6) is 0.808. The number of nitrogens with zero attached hydrogens (tertiary/aromatic N) is 1. The lowest BCUT2D eigenvalue weighted by atomic mass is 10.3. The van der Waals surface area contributed by atoms with Gasteiger partial charge in [-0.3, -0.25) is 9.78 Å². The van der Waals surface area contributed by atoms with Gasteiger partial charge in [-0.2, -0.15) is 0 Å². The molecule has 5 nitrogen and oxygen atoms in total. The third-order valence-electron chi connectivity index (χ3n) is 2.24. The van der Waals surface area contributed by atoms with E-state index < -0.39 is 0 Å². The van der Waals surface area contributed by atoms with Gasteiger partial charge in [-0.25, -0.2) is 0 Å². The fourth-order valence-corrected chi connectivity index (χ4v) is 1.41. The highest BCUT2D eigenvalue weighted by atomic mass is 16.5. The maximum atomic E-state index is 11.4. The molecule has 0 aliphatic heterocycles. The average molecular weight is 244 g/mol. The third kappa shape index (κ3) is 2.76. The Bertz CT molecular complexity index is 570. The molecule has 1 aromatic carbocycles. The smallest absolute Gasteiger partial charge is 0.269 e. The van der Waals surface area contributed by atoms with Crippen LogP contribution in [0.25, 0.3) is 0 Å². The number of rotatable bonds is 3. The lowest BCUT2D eigenvalue weighted by molar-refractivity contribution is 0.0958. The molecule has 0 radical (unpaired) electrons. The molecule has 0 aliphatic rings. The normalized spacial score (nSPS) is 9.83. The van der Waals surface area contributed by atoms with E-state index >= 15 is 0 Å². The van der Waals surface area contributed by atoms with E-state index in [9.17, 15) is 9.90 Å². The molecule has 92 valence electrons. The van der Waals surface area contributed by atoms with Gasteiger partial charge in [-0.05, 0) is 18.2 Å². The molecule has 2 rings (SSSR count). The Hall–Kier alpha value is -2.56. The van der Waals surface area contributed by atoms with Crippen LogP contribution >= 0.6 is 0 Å². The molecule has 18 heavy (non-hydrogen) atoms. The molecular formula is C13H12N2O3. The van der Waals surface area contributed by atoms with Crippen molar-refractivity contribution in [3.05, 3.63) is 48.3 Å². The summed E-state index contributed by atoms with van der Waals surface area (Å²) in [7, 11) is 1.53. The molecule has 0 saturated carbocycles. The van der Waals surface area contributed by atoms with Gasteiger partial charge in [0.05, 0.1) is 0 Å². The van der Waals surface area contributed by atoms with Gasteiger partial charge in [0.1, 0.15) is 22.9 Å². The number of aromatic hydroxyl groups is 1. The lowest BCUT2D eigenvalue weighted by Gasteiger charge is -2.06. The molecule has 0 spiro atoms. The van der Waals surface area contributed by atoms with Gasteiger partial charge in [0.25, 0.3) is 5.91 Å². The fraction of sp³-hybridized carbons (Fsp3) is 0.0769. The maximum absolute atomic E-state index is 11.4. The van der Waals surface area contributed by atoms with E-state index in [-0.39, 0.29) is 17.4 Å². The highest BCUT2D eigenvalue weighted by Gasteiger charge is 2.06. The van der Waals surface area contributed by atoms with Gasteiger partial charge in [0.2, 0.25) is 0 Å². The van der Waals surface area contributed by atoms with Crippen molar-refractivity contribution >= 4 is 5.91 Å². The molecule has 2 aromatic rings. The largest absolute Gasteiger partial charge is 0.508 e. The van der Waals surface area contributed by atoms with Gasteiger partial charge in [0.15, 0.2) is 0 Å². The van der Waals surface area contributed by atoms with Crippen LogP contribution < -0.4 is 10.1 Å². The summed E-state index contributed by atoms with van der Waals surface area (Å²) in [6.45, 7) is 0. The predicted octanol–water partition coefficient (Wildman–Crippen LogP) is 1.94. The van der Waals surface area contributed by atoms with Gasteiger partial charge < -0.3 is 15.2 Å². The zero-order chi connectivity index (χ0) is 13.0. The first-order chi connectivity index (χ1) is 8.69. The van der Waals surface area contributed by atoms with Crippen molar-refractivity contribution in [3.8, 4) is 17.2 Å². The third-order valence-corrected chi connectivity index (χ3v) is 2.24. The van der Waals surface area contributed by atoms with Crippen LogP contribution in [0.4, 0.5) is 0 Å². The van der Waals surface area contributed by atoms with E-state index in [1.54, 1.807) is 24.3 Å². The topological polar surface area (TPSA) is 71.5 Å². The number of pyridine rings is 1. The number of ether oxygens (including phenoxy) is 1. The van der Waals surface area contributed by atoms with Crippen LogP contribution in [-0.4, -0.2) is 23.0 Å². The summed E-state index contributed by atoms with van der Waals surface area (Å²) in [4.78, 5) is 15.3. The number of nitrogens with one attached hydrogen (secondary N) is 1. The number of amides is 1. The van der Waals surface area contributed by atoms with Crippen molar-refractivity contribution in [2.24, 2.45) is 0 Å². The van der Waals surface area contributed by atoms with Gasteiger partial charge in [-0.15, -0.1) is 0 Å². The molecule has 0 saturated heterocycles. The number of carbonyl (C=O) groups is 1. The van der Waals surface area contributed by atoms with E-state index in [2.05, 4.69) is 10.3 Å². The van der Waals surface area contributed by atoms with E-state index in [4.69, 9.17) is 4.74 Å². The van der Waals surface area contributed by atoms with Crippen molar-refractivity contribution in [3.63, 3.8) is 0 Å². The van der Waals surface area contributed by atoms with Crippen LogP contribution in [0.1, 0.15) is 10.5 Å². The molecule has 1 aromatic heterocycles. The van der Waals surface area contributed by atoms with E-state index in [1.165, 1.54) is 25.4 Å². The molecular weight excluding hydrogens is 232 g/mol. The number of aromatic nitrogens is 1. The minimum absolute atomic E-state index is 0.119. The Kier molecular flexibility index (Phi) is 3.43. The van der Waals surface area contributed by atoms with Crippen molar-refractivity contribution in [1.29, 1.82) is 0 Å². The average Bonchev–Trinajstić information content (AvgIpc) is 2.38. The van der Waals surface area contributed by atoms with E-state index in [0.29, 0.717) is 11.5 Å². The van der Waals surface area contributed by atoms with Gasteiger partial charge >= 0.3 is 0 Å². The SMILES string of the molecule is CNC(=O)c1cc(Oc2cccc(O)c2)ccn1. The Morgan fingerprint density at radius 1 is 1.28 bits per heavy atom. The quantitative estimate of drug-likeness (QED) is 0.865. The molecule has 1 heterocycles. The van der Waals surface area contributed by atoms with Crippen LogP contribution in [0.15, 0.2) is 42.6 Å². The first kappa shape index (κ1) is 11.9. The summed E-state index contributed by atoms with van der Waals surface area (Å²) in [6.07, 6.45) is 1.49. The summed E-state index contributed by atoms with van der Waals surface area (Å²) >= 11 is 0. The summed E-state index contributed by atoms with van der Waals surface area (Å²) in [6, 6.07) is 9.58. The first-order valence-electron chi connectivity index (χ1n) is 5.34. The zero-order valence-corrected chi connectivity index (χ0v) is 9.75. The van der Waals surface area contributed by atoms with Crippen molar-refractivity contribution in [2.75, 3.05) is 7.05 Å². The number of carbonyl (C=O) groups excluding carboxylic acids is 1. The Balaban J connectivity index is 2.22. The molecule has 0 fully saturated rings. The van der Waals surface area contributed by atoms with Crippen molar-refractivity contribution in [1.82, 2.24) is 10.3 Å². The van der Waals surface area contributed by atoms with Crippen LogP contribution in [-0.2, 0) is 0 Å². The van der Waals surface area contributed by atoms with Crippen LogP contribution in [0.5, 0.6) is 17.2 Å². The molecule has 0 bridgehead atoms. The molecule has 0 aliphatic carbocycles. The Morgan fingerprint density at radius 2 is 2.06 bits per heavy atom. The minimum atomic E-state index is -0.281. The first-order valence-corrected chi connectivity index (χ1v) is 5.34. The number of hydrogen-bond donors (Lipinski definition) is 2. The Morgan fingerprint density at radius 3 is 2.78 bits per heavy atom. The number of benzene rings is 1. The maximum Gasteiger partial charge on any atom is 0.269 e. The second-order valence-corrected chi connectivity index (χ2v) is 3.56. The Labute approximate surface area is 104 Å². The molecule has 2 N–H and O–H groups in total. The molecule has 5 heteroatoms. The molecule has 1 amide bonds. The molecule has 0 atom stereocenters. The molecule has 0 unspecified atom stereocenters. The van der Waals surface area contributed by atoms with Crippen molar-refractivity contribution in [2.45, 2.75) is 0 Å². The summed E-state index contributed by atoms with van der Waals surface area (Å²) < 4.78 is 5.51. The van der Waals surface area contributed by atoms with Crippen molar-refractivity contribution < 1.29 is 14.6 Å². The number of phenols is 1. The number of phenolic OH excluding ortho intramolecular Hbond substituents is 1. The van der Waals surface area contributed by atoms with Crippen LogP contribution in [0, 0.1) is 0 Å². The van der Waals surface area contributed by atoms with Gasteiger partial charge in [-0.1, -0.05) is 6.07 Å². The highest BCUT2D eigenvalue weighted by molar-refractivity contribution is 5.92. The van der Waals surface area contributed by atoms with E-state index in [0.717, 1.165) is 0 Å². The fourth-order valence-electron chi connectivity index (χ4n) is 1.41. The summed E-state index contributed by atoms with van der Waals surface area (Å²) in [5.41, 5.74) is 0.273. The van der Waals surface area contributed by atoms with Crippen LogP contribution in [0.3, 0.4) is 0 Å². The highest BCUT2D eigenvalue weighted by Crippen LogP contribution is 2.24. The second-order valence-electron chi connectivity index (χ2n) is 3.56. The zero-order valence-electron chi connectivity index (χ0n) is 9.75.